The smallest absolute Gasteiger partial charge is 0.322 e. The number of rotatable bonds is 5. The fraction of sp³-hybridized carbons (Fsp3) is 0.778. The van der Waals surface area contributed by atoms with Crippen LogP contribution in [0.25, 0.3) is 0 Å². The first-order valence-corrected chi connectivity index (χ1v) is 5.04. The van der Waals surface area contributed by atoms with Crippen LogP contribution in [-0.2, 0) is 9.59 Å². The van der Waals surface area contributed by atoms with Crippen molar-refractivity contribution in [2.75, 3.05) is 6.54 Å². The minimum absolute atomic E-state index is 0.429. The molecule has 0 radical (unpaired) electrons. The van der Waals surface area contributed by atoms with Gasteiger partial charge in [0.15, 0.2) is 0 Å². The van der Waals surface area contributed by atoms with E-state index in [-0.39, 0.29) is 0 Å². The van der Waals surface area contributed by atoms with Crippen molar-refractivity contribution in [1.29, 1.82) is 0 Å². The Morgan fingerprint density at radius 2 is 2.20 bits per heavy atom. The van der Waals surface area contributed by atoms with E-state index in [1.165, 1.54) is 5.01 Å². The van der Waals surface area contributed by atoms with E-state index in [9.17, 15) is 9.59 Å². The second-order valence-corrected chi connectivity index (χ2v) is 3.62. The van der Waals surface area contributed by atoms with Crippen LogP contribution in [0.5, 0.6) is 0 Å². The molecule has 0 aromatic rings. The van der Waals surface area contributed by atoms with Gasteiger partial charge in [0.1, 0.15) is 12.1 Å². The van der Waals surface area contributed by atoms with Crippen molar-refractivity contribution in [3.63, 3.8) is 0 Å². The molecule has 1 heterocycles. The third-order valence-electron chi connectivity index (χ3n) is 2.57. The van der Waals surface area contributed by atoms with Crippen LogP contribution in [0.1, 0.15) is 26.2 Å². The average Bonchev–Trinajstić information content (AvgIpc) is 2.61. The zero-order valence-electron chi connectivity index (χ0n) is 8.64. The Morgan fingerprint density at radius 3 is 2.67 bits per heavy atom. The molecule has 1 rings (SSSR count). The third kappa shape index (κ3) is 2.90. The molecule has 6 nitrogen and oxygen atoms in total. The lowest BCUT2D eigenvalue weighted by Gasteiger charge is -2.25. The van der Waals surface area contributed by atoms with Crippen molar-refractivity contribution in [2.45, 2.75) is 38.3 Å². The van der Waals surface area contributed by atoms with E-state index in [1.807, 2.05) is 0 Å². The van der Waals surface area contributed by atoms with Gasteiger partial charge in [0.2, 0.25) is 0 Å². The summed E-state index contributed by atoms with van der Waals surface area (Å²) in [7, 11) is 0. The van der Waals surface area contributed by atoms with Gasteiger partial charge in [-0.05, 0) is 19.3 Å². The first kappa shape index (κ1) is 11.9. The van der Waals surface area contributed by atoms with Crippen LogP contribution in [0.15, 0.2) is 0 Å². The predicted octanol–water partition coefficient (Wildman–Crippen LogP) is -0.0968. The molecular formula is C9H16N2O4. The lowest BCUT2D eigenvalue weighted by atomic mass is 10.2. The summed E-state index contributed by atoms with van der Waals surface area (Å²) in [4.78, 5) is 21.6. The number of nitrogens with one attached hydrogen (secondary N) is 1. The second-order valence-electron chi connectivity index (χ2n) is 3.62. The molecule has 86 valence electrons. The Bertz CT molecular complexity index is 256. The highest BCUT2D eigenvalue weighted by Crippen LogP contribution is 2.15. The Kier molecular flexibility index (Phi) is 4.05. The van der Waals surface area contributed by atoms with Gasteiger partial charge in [0.25, 0.3) is 0 Å². The number of carbonyl (C=O) groups is 2. The number of hydrazine groups is 1. The van der Waals surface area contributed by atoms with Crippen molar-refractivity contribution in [3.05, 3.63) is 0 Å². The fourth-order valence-electron chi connectivity index (χ4n) is 1.70. The van der Waals surface area contributed by atoms with Gasteiger partial charge in [-0.3, -0.25) is 9.59 Å². The van der Waals surface area contributed by atoms with Crippen LogP contribution in [0.4, 0.5) is 0 Å². The largest absolute Gasteiger partial charge is 0.480 e. The molecule has 0 spiro atoms. The van der Waals surface area contributed by atoms with Gasteiger partial charge in [0, 0.05) is 6.54 Å². The summed E-state index contributed by atoms with van der Waals surface area (Å²) in [6.45, 7) is 2.33. The maximum Gasteiger partial charge on any atom is 0.322 e. The molecule has 1 unspecified atom stereocenters. The molecule has 1 aliphatic heterocycles. The number of aliphatic carboxylic acids is 2. The van der Waals surface area contributed by atoms with Crippen molar-refractivity contribution in [2.24, 2.45) is 0 Å². The lowest BCUT2D eigenvalue weighted by Crippen LogP contribution is -2.52. The standard InChI is InChI=1S/C9H16N2O4/c1-2-6(8(12)13)10-11-5-3-4-7(11)9(14)15/h6-7,10H,2-5H2,1H3,(H,12,13)(H,14,15)/t6?,7-/m0/s1. The SMILES string of the molecule is CCC(NN1CCC[C@H]1C(=O)O)C(=O)O. The normalized spacial score (nSPS) is 23.9. The maximum absolute atomic E-state index is 10.8. The topological polar surface area (TPSA) is 89.9 Å². The molecular weight excluding hydrogens is 200 g/mol. The molecule has 0 bridgehead atoms. The molecule has 1 aliphatic rings. The van der Waals surface area contributed by atoms with Gasteiger partial charge in [-0.15, -0.1) is 0 Å². The van der Waals surface area contributed by atoms with E-state index in [2.05, 4.69) is 5.43 Å². The fourth-order valence-corrected chi connectivity index (χ4v) is 1.70. The average molecular weight is 216 g/mol. The maximum atomic E-state index is 10.8. The Morgan fingerprint density at radius 1 is 1.53 bits per heavy atom. The molecule has 1 saturated heterocycles. The minimum Gasteiger partial charge on any atom is -0.480 e. The Balaban J connectivity index is 2.56. The highest BCUT2D eigenvalue weighted by atomic mass is 16.4. The number of carboxylic acids is 2. The highest BCUT2D eigenvalue weighted by molar-refractivity contribution is 5.75. The number of nitrogens with zero attached hydrogens (tertiary/aromatic N) is 1. The molecule has 6 heteroatoms. The van der Waals surface area contributed by atoms with Gasteiger partial charge < -0.3 is 10.2 Å². The Hall–Kier alpha value is -1.14. The minimum atomic E-state index is -0.950. The van der Waals surface area contributed by atoms with Crippen molar-refractivity contribution in [3.8, 4) is 0 Å². The summed E-state index contributed by atoms with van der Waals surface area (Å²) >= 11 is 0. The zero-order valence-corrected chi connectivity index (χ0v) is 8.64. The zero-order chi connectivity index (χ0) is 11.4. The molecule has 0 aliphatic carbocycles. The van der Waals surface area contributed by atoms with E-state index >= 15 is 0 Å². The first-order valence-electron chi connectivity index (χ1n) is 5.04. The van der Waals surface area contributed by atoms with Crippen molar-refractivity contribution < 1.29 is 19.8 Å². The second kappa shape index (κ2) is 5.09. The van der Waals surface area contributed by atoms with Crippen LogP contribution in [0, 0.1) is 0 Å². The number of carboxylic acid groups (broad SMARTS) is 2. The highest BCUT2D eigenvalue weighted by Gasteiger charge is 2.32. The quantitative estimate of drug-likeness (QED) is 0.594. The van der Waals surface area contributed by atoms with Crippen LogP contribution < -0.4 is 5.43 Å². The Labute approximate surface area is 87.8 Å². The van der Waals surface area contributed by atoms with E-state index in [0.717, 1.165) is 6.42 Å². The van der Waals surface area contributed by atoms with Gasteiger partial charge in [0.05, 0.1) is 0 Å². The van der Waals surface area contributed by atoms with Gasteiger partial charge in [-0.2, -0.15) is 0 Å². The third-order valence-corrected chi connectivity index (χ3v) is 2.57. The molecule has 0 aromatic carbocycles. The van der Waals surface area contributed by atoms with Crippen LogP contribution in [0.2, 0.25) is 0 Å². The van der Waals surface area contributed by atoms with Crippen LogP contribution in [0.3, 0.4) is 0 Å². The van der Waals surface area contributed by atoms with Crippen molar-refractivity contribution in [1.82, 2.24) is 10.4 Å². The molecule has 1 fully saturated rings. The van der Waals surface area contributed by atoms with Crippen LogP contribution >= 0.6 is 0 Å². The molecule has 0 amide bonds. The molecule has 15 heavy (non-hydrogen) atoms. The van der Waals surface area contributed by atoms with E-state index in [4.69, 9.17) is 10.2 Å². The van der Waals surface area contributed by atoms with Crippen LogP contribution in [-0.4, -0.2) is 45.8 Å². The van der Waals surface area contributed by atoms with Gasteiger partial charge in [-0.1, -0.05) is 6.92 Å². The summed E-state index contributed by atoms with van der Waals surface area (Å²) in [5.41, 5.74) is 2.75. The number of hydrogen-bond acceptors (Lipinski definition) is 4. The molecule has 3 N–H and O–H groups in total. The summed E-state index contributed by atoms with van der Waals surface area (Å²) in [6.07, 6.45) is 1.77. The van der Waals surface area contributed by atoms with Gasteiger partial charge in [-0.25, -0.2) is 10.4 Å². The molecule has 2 atom stereocenters. The van der Waals surface area contributed by atoms with E-state index < -0.39 is 24.0 Å². The summed E-state index contributed by atoms with van der Waals surface area (Å²) in [5, 5.41) is 19.2. The monoisotopic (exact) mass is 216 g/mol. The predicted molar refractivity (Wildman–Crippen MR) is 52.2 cm³/mol. The lowest BCUT2D eigenvalue weighted by molar-refractivity contribution is -0.147. The first-order chi connectivity index (χ1) is 7.06. The van der Waals surface area contributed by atoms with E-state index in [0.29, 0.717) is 19.4 Å². The van der Waals surface area contributed by atoms with Gasteiger partial charge >= 0.3 is 11.9 Å². The number of hydrogen-bond donors (Lipinski definition) is 3. The summed E-state index contributed by atoms with van der Waals surface area (Å²) in [6, 6.07) is -1.30. The molecule has 0 saturated carbocycles. The molecule has 0 aromatic heterocycles. The summed E-state index contributed by atoms with van der Waals surface area (Å²) in [5.74, 6) is -1.85. The van der Waals surface area contributed by atoms with Crippen molar-refractivity contribution >= 4 is 11.9 Å². The van der Waals surface area contributed by atoms with E-state index in [1.54, 1.807) is 6.92 Å². The summed E-state index contributed by atoms with van der Waals surface area (Å²) < 4.78 is 0.